The number of carboxylic acid groups (broad SMARTS) is 1. The third kappa shape index (κ3) is 2.86. The second-order valence-corrected chi connectivity index (χ2v) is 6.41. The maximum absolute atomic E-state index is 11.1. The van der Waals surface area contributed by atoms with E-state index in [1.165, 1.54) is 28.5 Å². The zero-order valence-electron chi connectivity index (χ0n) is 11.4. The quantitative estimate of drug-likeness (QED) is 0.911. The maximum Gasteiger partial charge on any atom is 0.317 e. The molecule has 1 fully saturated rings. The summed E-state index contributed by atoms with van der Waals surface area (Å²) in [5, 5.41) is 12.6. The Morgan fingerprint density at radius 2 is 2.05 bits per heavy atom. The molecule has 0 amide bonds. The highest BCUT2D eigenvalue weighted by Gasteiger charge is 2.25. The molecule has 1 heterocycles. The number of nitrogens with zero attached hydrogens (tertiary/aromatic N) is 1. The summed E-state index contributed by atoms with van der Waals surface area (Å²) in [6, 6.07) is 8.80. The molecule has 0 radical (unpaired) electrons. The van der Waals surface area contributed by atoms with E-state index < -0.39 is 5.97 Å². The van der Waals surface area contributed by atoms with Gasteiger partial charge < -0.3 is 5.11 Å². The largest absolute Gasteiger partial charge is 0.480 e. The monoisotopic (exact) mass is 289 g/mol. The first-order valence-electron chi connectivity index (χ1n) is 7.15. The van der Waals surface area contributed by atoms with E-state index in [-0.39, 0.29) is 6.54 Å². The SMILES string of the molecule is O=C(O)CN(Cc1csc2ccccc12)C1CCCC1. The van der Waals surface area contributed by atoms with Gasteiger partial charge in [0.05, 0.1) is 6.54 Å². The fourth-order valence-electron chi connectivity index (χ4n) is 3.13. The van der Waals surface area contributed by atoms with Gasteiger partial charge in [-0.2, -0.15) is 0 Å². The molecule has 1 aromatic heterocycles. The lowest BCUT2D eigenvalue weighted by Gasteiger charge is -2.26. The summed E-state index contributed by atoms with van der Waals surface area (Å²) in [6.45, 7) is 0.899. The minimum Gasteiger partial charge on any atom is -0.480 e. The van der Waals surface area contributed by atoms with Gasteiger partial charge in [-0.15, -0.1) is 11.3 Å². The van der Waals surface area contributed by atoms with Crippen molar-refractivity contribution in [3.05, 3.63) is 35.2 Å². The van der Waals surface area contributed by atoms with Gasteiger partial charge in [-0.3, -0.25) is 9.69 Å². The Morgan fingerprint density at radius 3 is 2.80 bits per heavy atom. The zero-order chi connectivity index (χ0) is 13.9. The zero-order valence-corrected chi connectivity index (χ0v) is 12.2. The summed E-state index contributed by atoms with van der Waals surface area (Å²) in [7, 11) is 0. The molecule has 1 saturated carbocycles. The average Bonchev–Trinajstić information content (AvgIpc) is 3.07. The number of carbonyl (C=O) groups is 1. The van der Waals surface area contributed by atoms with Gasteiger partial charge >= 0.3 is 5.97 Å². The van der Waals surface area contributed by atoms with Crippen LogP contribution in [0.25, 0.3) is 10.1 Å². The molecule has 0 saturated heterocycles. The van der Waals surface area contributed by atoms with E-state index in [4.69, 9.17) is 5.11 Å². The van der Waals surface area contributed by atoms with Crippen molar-refractivity contribution in [2.45, 2.75) is 38.3 Å². The van der Waals surface area contributed by atoms with Crippen molar-refractivity contribution >= 4 is 27.4 Å². The lowest BCUT2D eigenvalue weighted by Crippen LogP contribution is -2.36. The normalized spacial score (nSPS) is 16.2. The molecule has 3 nitrogen and oxygen atoms in total. The van der Waals surface area contributed by atoms with E-state index in [0.717, 1.165) is 19.4 Å². The van der Waals surface area contributed by atoms with Gasteiger partial charge in [-0.1, -0.05) is 31.0 Å². The van der Waals surface area contributed by atoms with Gasteiger partial charge in [0.2, 0.25) is 0 Å². The molecule has 1 aliphatic carbocycles. The standard InChI is InChI=1S/C16H19NO2S/c18-16(19)10-17(13-5-1-2-6-13)9-12-11-20-15-8-4-3-7-14(12)15/h3-4,7-8,11,13H,1-2,5-6,9-10H2,(H,18,19). The maximum atomic E-state index is 11.1. The van der Waals surface area contributed by atoms with Crippen LogP contribution in [0.5, 0.6) is 0 Å². The van der Waals surface area contributed by atoms with E-state index in [2.05, 4.69) is 34.5 Å². The number of thiophene rings is 1. The summed E-state index contributed by atoms with van der Waals surface area (Å²) in [5.74, 6) is -0.726. The Bertz CT molecular complexity index is 601. The molecule has 0 aliphatic heterocycles. The molecule has 106 valence electrons. The number of aliphatic carboxylic acids is 1. The second-order valence-electron chi connectivity index (χ2n) is 5.49. The Morgan fingerprint density at radius 1 is 1.30 bits per heavy atom. The summed E-state index contributed by atoms with van der Waals surface area (Å²) in [6.07, 6.45) is 4.72. The Labute approximate surface area is 122 Å². The van der Waals surface area contributed by atoms with Crippen LogP contribution in [-0.2, 0) is 11.3 Å². The van der Waals surface area contributed by atoms with Crippen molar-refractivity contribution in [3.8, 4) is 0 Å². The molecular formula is C16H19NO2S. The first kappa shape index (κ1) is 13.6. The van der Waals surface area contributed by atoms with Gasteiger partial charge in [-0.05, 0) is 35.2 Å². The van der Waals surface area contributed by atoms with Crippen LogP contribution in [0.4, 0.5) is 0 Å². The predicted molar refractivity (Wildman–Crippen MR) is 82.1 cm³/mol. The highest BCUT2D eigenvalue weighted by molar-refractivity contribution is 7.17. The highest BCUT2D eigenvalue weighted by Crippen LogP contribution is 2.30. The van der Waals surface area contributed by atoms with Crippen molar-refractivity contribution in [2.75, 3.05) is 6.54 Å². The van der Waals surface area contributed by atoms with Gasteiger partial charge in [0.1, 0.15) is 0 Å². The van der Waals surface area contributed by atoms with Gasteiger partial charge in [0.15, 0.2) is 0 Å². The fraction of sp³-hybridized carbons (Fsp3) is 0.438. The molecule has 2 aromatic rings. The predicted octanol–water partition coefficient (Wildman–Crippen LogP) is 3.73. The summed E-state index contributed by atoms with van der Waals surface area (Å²) < 4.78 is 1.28. The van der Waals surface area contributed by atoms with E-state index in [1.807, 2.05) is 0 Å². The molecular weight excluding hydrogens is 270 g/mol. The van der Waals surface area contributed by atoms with Crippen LogP contribution in [0.1, 0.15) is 31.2 Å². The number of hydrogen-bond donors (Lipinski definition) is 1. The molecule has 4 heteroatoms. The van der Waals surface area contributed by atoms with Crippen LogP contribution in [-0.4, -0.2) is 28.6 Å². The molecule has 1 aromatic carbocycles. The summed E-state index contributed by atoms with van der Waals surface area (Å²) in [5.41, 5.74) is 1.26. The van der Waals surface area contributed by atoms with Crippen LogP contribution < -0.4 is 0 Å². The highest BCUT2D eigenvalue weighted by atomic mass is 32.1. The number of rotatable bonds is 5. The molecule has 0 spiro atoms. The van der Waals surface area contributed by atoms with Gasteiger partial charge in [0.25, 0.3) is 0 Å². The number of benzene rings is 1. The first-order chi connectivity index (χ1) is 9.74. The minimum atomic E-state index is -0.726. The number of fused-ring (bicyclic) bond motifs is 1. The van der Waals surface area contributed by atoms with Crippen molar-refractivity contribution in [2.24, 2.45) is 0 Å². The smallest absolute Gasteiger partial charge is 0.317 e. The third-order valence-corrected chi connectivity index (χ3v) is 5.13. The van der Waals surface area contributed by atoms with Crippen molar-refractivity contribution in [3.63, 3.8) is 0 Å². The lowest BCUT2D eigenvalue weighted by molar-refractivity contribution is -0.139. The average molecular weight is 289 g/mol. The van der Waals surface area contributed by atoms with Crippen LogP contribution in [0, 0.1) is 0 Å². The molecule has 1 N–H and O–H groups in total. The van der Waals surface area contributed by atoms with E-state index in [0.29, 0.717) is 6.04 Å². The Hall–Kier alpha value is -1.39. The summed E-state index contributed by atoms with van der Waals surface area (Å²) >= 11 is 1.74. The van der Waals surface area contributed by atoms with Gasteiger partial charge in [0, 0.05) is 17.3 Å². The third-order valence-electron chi connectivity index (χ3n) is 4.11. The van der Waals surface area contributed by atoms with Crippen LogP contribution >= 0.6 is 11.3 Å². The molecule has 0 bridgehead atoms. The molecule has 1 aliphatic rings. The summed E-state index contributed by atoms with van der Waals surface area (Å²) in [4.78, 5) is 13.3. The van der Waals surface area contributed by atoms with Crippen LogP contribution in [0.15, 0.2) is 29.6 Å². The minimum absolute atomic E-state index is 0.148. The van der Waals surface area contributed by atoms with Crippen molar-refractivity contribution in [1.82, 2.24) is 4.90 Å². The lowest BCUT2D eigenvalue weighted by atomic mass is 10.1. The van der Waals surface area contributed by atoms with Crippen molar-refractivity contribution < 1.29 is 9.90 Å². The van der Waals surface area contributed by atoms with E-state index >= 15 is 0 Å². The fourth-order valence-corrected chi connectivity index (χ4v) is 4.09. The Balaban J connectivity index is 1.83. The molecule has 0 atom stereocenters. The topological polar surface area (TPSA) is 40.5 Å². The van der Waals surface area contributed by atoms with Crippen LogP contribution in [0.2, 0.25) is 0 Å². The van der Waals surface area contributed by atoms with E-state index in [9.17, 15) is 4.79 Å². The second kappa shape index (κ2) is 5.94. The van der Waals surface area contributed by atoms with Crippen molar-refractivity contribution in [1.29, 1.82) is 0 Å². The molecule has 3 rings (SSSR count). The molecule has 20 heavy (non-hydrogen) atoms. The van der Waals surface area contributed by atoms with E-state index in [1.54, 1.807) is 11.3 Å². The van der Waals surface area contributed by atoms with Gasteiger partial charge in [-0.25, -0.2) is 0 Å². The number of hydrogen-bond acceptors (Lipinski definition) is 3. The number of carboxylic acids is 1. The van der Waals surface area contributed by atoms with Crippen LogP contribution in [0.3, 0.4) is 0 Å². The first-order valence-corrected chi connectivity index (χ1v) is 8.03. The Kier molecular flexibility index (Phi) is 4.03. The molecule has 0 unspecified atom stereocenters.